The highest BCUT2D eigenvalue weighted by Gasteiger charge is 2.52. The summed E-state index contributed by atoms with van der Waals surface area (Å²) in [6, 6.07) is 0. The van der Waals surface area contributed by atoms with Crippen LogP contribution in [0, 0.1) is 0 Å². The van der Waals surface area contributed by atoms with Gasteiger partial charge in [0.2, 0.25) is 0 Å². The molecule has 2 rings (SSSR count). The number of aromatic nitrogens is 2. The summed E-state index contributed by atoms with van der Waals surface area (Å²) in [5, 5.41) is 0. The van der Waals surface area contributed by atoms with Crippen molar-refractivity contribution in [3.63, 3.8) is 0 Å². The number of nitrogens with zero attached hydrogens (tertiary/aromatic N) is 2. The smallest absolute Gasteiger partial charge is 0.478 e. The first-order chi connectivity index (χ1) is 10.2. The molecule has 1 aliphatic heterocycles. The van der Waals surface area contributed by atoms with Gasteiger partial charge in [-0.25, -0.2) is 9.97 Å². The second kappa shape index (κ2) is 6.10. The van der Waals surface area contributed by atoms with Crippen molar-refractivity contribution in [2.45, 2.75) is 38.9 Å². The van der Waals surface area contributed by atoms with Crippen molar-refractivity contribution in [2.24, 2.45) is 0 Å². The molecule has 0 atom stereocenters. The average molecular weight is 323 g/mol. The van der Waals surface area contributed by atoms with Gasteiger partial charge >= 0.3 is 7.12 Å². The monoisotopic (exact) mass is 323 g/mol. The van der Waals surface area contributed by atoms with Crippen LogP contribution in [0.15, 0.2) is 11.7 Å². The van der Waals surface area contributed by atoms with E-state index in [9.17, 15) is 0 Å². The van der Waals surface area contributed by atoms with Gasteiger partial charge in [-0.05, 0) is 39.2 Å². The van der Waals surface area contributed by atoms with Crippen LogP contribution in [0.3, 0.4) is 0 Å². The number of hydrogen-bond donors (Lipinski definition) is 2. The summed E-state index contributed by atoms with van der Waals surface area (Å²) in [4.78, 5) is 8.35. The first-order valence-electron chi connectivity index (χ1n) is 7.03. The molecule has 0 radical (unpaired) electrons. The van der Waals surface area contributed by atoms with Gasteiger partial charge in [0.05, 0.1) is 30.2 Å². The number of thiol groups is 1. The lowest BCUT2D eigenvalue weighted by Crippen LogP contribution is -2.41. The third-order valence-electron chi connectivity index (χ3n) is 4.05. The van der Waals surface area contributed by atoms with Crippen molar-refractivity contribution in [3.8, 4) is 5.88 Å². The fraction of sp³-hybridized carbons (Fsp3) is 0.571. The highest BCUT2D eigenvalue weighted by molar-refractivity contribution is 7.80. The van der Waals surface area contributed by atoms with Crippen LogP contribution < -0.4 is 10.5 Å². The summed E-state index contributed by atoms with van der Waals surface area (Å²) in [5.74, 6) is 1.02. The van der Waals surface area contributed by atoms with E-state index in [-0.39, 0.29) is 5.82 Å². The molecule has 0 saturated carbocycles. The highest BCUT2D eigenvalue weighted by Crippen LogP contribution is 2.39. The fourth-order valence-electron chi connectivity index (χ4n) is 1.99. The Morgan fingerprint density at radius 2 is 1.95 bits per heavy atom. The average Bonchev–Trinajstić information content (AvgIpc) is 2.66. The molecule has 120 valence electrons. The Bertz CT molecular complexity index is 577. The molecule has 0 bridgehead atoms. The summed E-state index contributed by atoms with van der Waals surface area (Å²) in [6.45, 7) is 8.04. The zero-order valence-corrected chi connectivity index (χ0v) is 14.5. The molecule has 1 fully saturated rings. The lowest BCUT2D eigenvalue weighted by atomic mass is 9.78. The Kier molecular flexibility index (Phi) is 4.74. The van der Waals surface area contributed by atoms with Crippen molar-refractivity contribution < 1.29 is 14.0 Å². The molecule has 6 nitrogen and oxygen atoms in total. The van der Waals surface area contributed by atoms with Crippen molar-refractivity contribution in [1.29, 1.82) is 0 Å². The minimum absolute atomic E-state index is 0.253. The third-order valence-corrected chi connectivity index (χ3v) is 4.42. The zero-order chi connectivity index (χ0) is 16.5. The van der Waals surface area contributed by atoms with Crippen LogP contribution in [0.2, 0.25) is 0 Å². The van der Waals surface area contributed by atoms with E-state index in [0.29, 0.717) is 17.3 Å². The van der Waals surface area contributed by atoms with Crippen LogP contribution in [-0.2, 0) is 9.31 Å². The number of anilines is 1. The Labute approximate surface area is 137 Å². The summed E-state index contributed by atoms with van der Waals surface area (Å²) < 4.78 is 17.1. The Hall–Kier alpha value is -1.25. The third kappa shape index (κ3) is 3.23. The molecule has 2 heterocycles. The first-order valence-corrected chi connectivity index (χ1v) is 7.67. The van der Waals surface area contributed by atoms with E-state index in [2.05, 4.69) is 22.6 Å². The quantitative estimate of drug-likeness (QED) is 0.652. The molecule has 0 amide bonds. The highest BCUT2D eigenvalue weighted by atomic mass is 32.1. The summed E-state index contributed by atoms with van der Waals surface area (Å²) in [6.07, 6.45) is 3.41. The SMILES string of the molecule is COc1nc(C=C(CS)B2OC(C)(C)C(C)(C)O2)cnc1N. The Morgan fingerprint density at radius 3 is 2.45 bits per heavy atom. The molecular formula is C14H22BN3O3S. The van der Waals surface area contributed by atoms with E-state index in [1.54, 1.807) is 6.20 Å². The van der Waals surface area contributed by atoms with Crippen molar-refractivity contribution in [2.75, 3.05) is 18.6 Å². The van der Waals surface area contributed by atoms with Gasteiger partial charge < -0.3 is 19.8 Å². The summed E-state index contributed by atoms with van der Waals surface area (Å²) >= 11 is 4.37. The molecule has 0 unspecified atom stereocenters. The van der Waals surface area contributed by atoms with E-state index in [1.807, 2.05) is 33.8 Å². The number of rotatable bonds is 4. The zero-order valence-electron chi connectivity index (χ0n) is 13.6. The van der Waals surface area contributed by atoms with Crippen LogP contribution in [0.25, 0.3) is 6.08 Å². The van der Waals surface area contributed by atoms with Gasteiger partial charge in [-0.15, -0.1) is 0 Å². The Balaban J connectivity index is 2.29. The predicted molar refractivity (Wildman–Crippen MR) is 90.9 cm³/mol. The number of hydrogen-bond acceptors (Lipinski definition) is 7. The van der Waals surface area contributed by atoms with Crippen LogP contribution in [0.5, 0.6) is 5.88 Å². The molecular weight excluding hydrogens is 301 g/mol. The Morgan fingerprint density at radius 1 is 1.36 bits per heavy atom. The van der Waals surface area contributed by atoms with E-state index in [4.69, 9.17) is 19.8 Å². The lowest BCUT2D eigenvalue weighted by Gasteiger charge is -2.32. The van der Waals surface area contributed by atoms with Crippen molar-refractivity contribution in [1.82, 2.24) is 9.97 Å². The summed E-state index contributed by atoms with van der Waals surface area (Å²) in [5.41, 5.74) is 6.36. The van der Waals surface area contributed by atoms with E-state index in [1.165, 1.54) is 7.11 Å². The van der Waals surface area contributed by atoms with Crippen LogP contribution >= 0.6 is 12.6 Å². The van der Waals surface area contributed by atoms with Crippen molar-refractivity contribution >= 4 is 31.6 Å². The molecule has 0 spiro atoms. The number of ether oxygens (including phenoxy) is 1. The lowest BCUT2D eigenvalue weighted by molar-refractivity contribution is 0.00578. The molecule has 8 heteroatoms. The predicted octanol–water partition coefficient (Wildman–Crippen LogP) is 2.01. The molecule has 1 saturated heterocycles. The van der Waals surface area contributed by atoms with Crippen LogP contribution in [-0.4, -0.2) is 41.2 Å². The van der Waals surface area contributed by atoms with Gasteiger partial charge in [0.15, 0.2) is 5.82 Å². The number of nitrogens with two attached hydrogens (primary N) is 1. The summed E-state index contributed by atoms with van der Waals surface area (Å²) in [7, 11) is 1.04. The second-order valence-electron chi connectivity index (χ2n) is 6.16. The van der Waals surface area contributed by atoms with E-state index >= 15 is 0 Å². The maximum atomic E-state index is 6.03. The maximum absolute atomic E-state index is 6.03. The fourth-order valence-corrected chi connectivity index (χ4v) is 2.23. The molecule has 1 aromatic heterocycles. The number of methoxy groups -OCH3 is 1. The van der Waals surface area contributed by atoms with Gasteiger partial charge in [0, 0.05) is 5.75 Å². The van der Waals surface area contributed by atoms with E-state index in [0.717, 1.165) is 5.47 Å². The topological polar surface area (TPSA) is 79.5 Å². The molecule has 1 aromatic rings. The van der Waals surface area contributed by atoms with Gasteiger partial charge in [-0.3, -0.25) is 0 Å². The van der Waals surface area contributed by atoms with E-state index < -0.39 is 18.3 Å². The normalized spacial score (nSPS) is 20.3. The second-order valence-corrected chi connectivity index (χ2v) is 6.47. The minimum atomic E-state index is -0.465. The van der Waals surface area contributed by atoms with Gasteiger partial charge in [-0.2, -0.15) is 12.6 Å². The van der Waals surface area contributed by atoms with Gasteiger partial charge in [-0.1, -0.05) is 0 Å². The molecule has 1 aliphatic rings. The molecule has 22 heavy (non-hydrogen) atoms. The largest absolute Gasteiger partial charge is 0.491 e. The molecule has 0 aliphatic carbocycles. The molecule has 2 N–H and O–H groups in total. The molecule has 0 aromatic carbocycles. The first kappa shape index (κ1) is 17.1. The standard InChI is InChI=1S/C14H22BN3O3S/c1-13(2)14(3,4)21-15(20-13)9(8-22)6-10-7-17-11(16)12(18-10)19-5/h6-7,22H,8H2,1-5H3,(H2,16,17). The van der Waals surface area contributed by atoms with Crippen LogP contribution in [0.4, 0.5) is 5.82 Å². The van der Waals surface area contributed by atoms with Gasteiger partial charge in [0.25, 0.3) is 5.88 Å². The maximum Gasteiger partial charge on any atom is 0.491 e. The minimum Gasteiger partial charge on any atom is -0.478 e. The van der Waals surface area contributed by atoms with Crippen molar-refractivity contribution in [3.05, 3.63) is 17.4 Å². The van der Waals surface area contributed by atoms with Gasteiger partial charge in [0.1, 0.15) is 0 Å². The number of nitrogen functional groups attached to an aromatic ring is 1. The van der Waals surface area contributed by atoms with Crippen LogP contribution in [0.1, 0.15) is 33.4 Å².